The molecule has 1 fully saturated rings. The second-order valence-corrected chi connectivity index (χ2v) is 7.33. The molecule has 1 N–H and O–H groups in total. The predicted molar refractivity (Wildman–Crippen MR) is 105 cm³/mol. The number of aromatic nitrogens is 3. The van der Waals surface area contributed by atoms with Crippen LogP contribution in [-0.2, 0) is 4.79 Å². The number of thioether (sulfide) groups is 1. The van der Waals surface area contributed by atoms with E-state index in [9.17, 15) is 4.79 Å². The molecule has 1 aliphatic carbocycles. The number of carboxylic acid groups (broad SMARTS) is 1. The molecular weight excluding hydrogens is 364 g/mol. The SMILES string of the molecule is CCOc1ccccc1/C=N\n1c(SCC(=O)O)nnc1C1CCCCC1. The van der Waals surface area contributed by atoms with Gasteiger partial charge in [-0.2, -0.15) is 9.78 Å². The Hall–Kier alpha value is -2.35. The highest BCUT2D eigenvalue weighted by atomic mass is 32.2. The summed E-state index contributed by atoms with van der Waals surface area (Å²) in [6.45, 7) is 2.51. The third-order valence-electron chi connectivity index (χ3n) is 4.46. The van der Waals surface area contributed by atoms with Crippen LogP contribution in [0.5, 0.6) is 5.75 Å². The van der Waals surface area contributed by atoms with E-state index in [1.807, 2.05) is 31.2 Å². The van der Waals surface area contributed by atoms with E-state index in [0.29, 0.717) is 17.7 Å². The number of hydrogen-bond donors (Lipinski definition) is 1. The van der Waals surface area contributed by atoms with E-state index < -0.39 is 5.97 Å². The number of hydrogen-bond acceptors (Lipinski definition) is 6. The Labute approximate surface area is 162 Å². The Morgan fingerprint density at radius 2 is 2.11 bits per heavy atom. The summed E-state index contributed by atoms with van der Waals surface area (Å²) in [4.78, 5) is 11.0. The summed E-state index contributed by atoms with van der Waals surface area (Å²) in [5, 5.41) is 22.6. The lowest BCUT2D eigenvalue weighted by molar-refractivity contribution is -0.133. The van der Waals surface area contributed by atoms with Gasteiger partial charge in [0.1, 0.15) is 5.75 Å². The highest BCUT2D eigenvalue weighted by molar-refractivity contribution is 7.99. The summed E-state index contributed by atoms with van der Waals surface area (Å²) in [5.41, 5.74) is 0.858. The summed E-state index contributed by atoms with van der Waals surface area (Å²) in [5.74, 6) is 0.918. The lowest BCUT2D eigenvalue weighted by Crippen LogP contribution is -2.11. The molecule has 0 saturated heterocycles. The van der Waals surface area contributed by atoms with Gasteiger partial charge in [0.2, 0.25) is 5.16 Å². The Kier molecular flexibility index (Phi) is 6.86. The summed E-state index contributed by atoms with van der Waals surface area (Å²) < 4.78 is 7.35. The fraction of sp³-hybridized carbons (Fsp3) is 0.474. The van der Waals surface area contributed by atoms with Gasteiger partial charge in [0, 0.05) is 11.5 Å². The van der Waals surface area contributed by atoms with E-state index in [1.165, 1.54) is 19.3 Å². The average molecular weight is 388 g/mol. The maximum Gasteiger partial charge on any atom is 0.313 e. The van der Waals surface area contributed by atoms with Crippen LogP contribution >= 0.6 is 11.8 Å². The van der Waals surface area contributed by atoms with Crippen LogP contribution in [-0.4, -0.2) is 44.5 Å². The molecule has 1 aromatic heterocycles. The molecule has 1 saturated carbocycles. The monoisotopic (exact) mass is 388 g/mol. The molecular formula is C19H24N4O3S. The van der Waals surface area contributed by atoms with Crippen molar-refractivity contribution in [1.82, 2.24) is 14.9 Å². The van der Waals surface area contributed by atoms with Crippen LogP contribution in [0, 0.1) is 0 Å². The number of carbonyl (C=O) groups is 1. The lowest BCUT2D eigenvalue weighted by atomic mass is 9.89. The first-order chi connectivity index (χ1) is 13.2. The molecule has 8 heteroatoms. The van der Waals surface area contributed by atoms with Crippen LogP contribution in [0.15, 0.2) is 34.5 Å². The molecule has 7 nitrogen and oxygen atoms in total. The van der Waals surface area contributed by atoms with Crippen molar-refractivity contribution >= 4 is 23.9 Å². The summed E-state index contributed by atoms with van der Waals surface area (Å²) >= 11 is 1.13. The fourth-order valence-corrected chi connectivity index (χ4v) is 3.83. The minimum Gasteiger partial charge on any atom is -0.493 e. The predicted octanol–water partition coefficient (Wildman–Crippen LogP) is 3.78. The number of benzene rings is 1. The van der Waals surface area contributed by atoms with Gasteiger partial charge < -0.3 is 9.84 Å². The van der Waals surface area contributed by atoms with Gasteiger partial charge in [-0.05, 0) is 31.9 Å². The van der Waals surface area contributed by atoms with E-state index in [4.69, 9.17) is 9.84 Å². The normalized spacial score (nSPS) is 15.3. The molecule has 3 rings (SSSR count). The summed E-state index contributed by atoms with van der Waals surface area (Å²) in [7, 11) is 0. The van der Waals surface area contributed by atoms with Crippen molar-refractivity contribution in [3.63, 3.8) is 0 Å². The minimum absolute atomic E-state index is 0.0755. The molecule has 0 amide bonds. The first-order valence-corrected chi connectivity index (χ1v) is 10.2. The standard InChI is InChI=1S/C19H24N4O3S/c1-2-26-16-11-7-6-10-15(16)12-20-23-18(14-8-4-3-5-9-14)21-22-19(23)27-13-17(24)25/h6-7,10-12,14H,2-5,8-9,13H2,1H3,(H,24,25)/b20-12-. The van der Waals surface area contributed by atoms with Gasteiger partial charge >= 0.3 is 5.97 Å². The quantitative estimate of drug-likeness (QED) is 0.547. The second kappa shape index (κ2) is 9.55. The molecule has 27 heavy (non-hydrogen) atoms. The summed E-state index contributed by atoms with van der Waals surface area (Å²) in [6, 6.07) is 7.68. The van der Waals surface area contributed by atoms with Crippen molar-refractivity contribution in [3.8, 4) is 5.75 Å². The number of ether oxygens (including phenoxy) is 1. The largest absolute Gasteiger partial charge is 0.493 e. The van der Waals surface area contributed by atoms with Gasteiger partial charge in [-0.1, -0.05) is 43.2 Å². The number of rotatable bonds is 8. The Morgan fingerprint density at radius 1 is 1.33 bits per heavy atom. The van der Waals surface area contributed by atoms with Crippen LogP contribution in [0.25, 0.3) is 0 Å². The molecule has 1 heterocycles. The van der Waals surface area contributed by atoms with E-state index >= 15 is 0 Å². The van der Waals surface area contributed by atoms with E-state index in [-0.39, 0.29) is 5.75 Å². The highest BCUT2D eigenvalue weighted by Gasteiger charge is 2.24. The van der Waals surface area contributed by atoms with Gasteiger partial charge in [0.05, 0.1) is 18.6 Å². The van der Waals surface area contributed by atoms with E-state index in [2.05, 4.69) is 15.3 Å². The van der Waals surface area contributed by atoms with Gasteiger partial charge in [0.25, 0.3) is 0 Å². The third kappa shape index (κ3) is 5.09. The van der Waals surface area contributed by atoms with E-state index in [1.54, 1.807) is 10.9 Å². The zero-order valence-corrected chi connectivity index (χ0v) is 16.2. The number of nitrogens with zero attached hydrogens (tertiary/aromatic N) is 4. The number of para-hydroxylation sites is 1. The van der Waals surface area contributed by atoms with Gasteiger partial charge in [-0.3, -0.25) is 4.79 Å². The maximum absolute atomic E-state index is 11.0. The zero-order chi connectivity index (χ0) is 19.1. The molecule has 0 aliphatic heterocycles. The third-order valence-corrected chi connectivity index (χ3v) is 5.37. The first kappa shape index (κ1) is 19.4. The van der Waals surface area contributed by atoms with Crippen LogP contribution in [0.4, 0.5) is 0 Å². The van der Waals surface area contributed by atoms with Crippen LogP contribution in [0.2, 0.25) is 0 Å². The smallest absolute Gasteiger partial charge is 0.313 e. The second-order valence-electron chi connectivity index (χ2n) is 6.39. The Balaban J connectivity index is 1.91. The molecule has 0 radical (unpaired) electrons. The van der Waals surface area contributed by atoms with Crippen molar-refractivity contribution in [2.24, 2.45) is 5.10 Å². The number of aliphatic carboxylic acids is 1. The highest BCUT2D eigenvalue weighted by Crippen LogP contribution is 2.33. The van der Waals surface area contributed by atoms with E-state index in [0.717, 1.165) is 41.7 Å². The van der Waals surface area contributed by atoms with Crippen LogP contribution in [0.3, 0.4) is 0 Å². The molecule has 2 aromatic rings. The zero-order valence-electron chi connectivity index (χ0n) is 15.4. The molecule has 1 aromatic carbocycles. The molecule has 0 atom stereocenters. The molecule has 144 valence electrons. The van der Waals surface area contributed by atoms with Crippen molar-refractivity contribution in [2.45, 2.75) is 50.1 Å². The van der Waals surface area contributed by atoms with Crippen molar-refractivity contribution < 1.29 is 14.6 Å². The fourth-order valence-electron chi connectivity index (χ4n) is 3.21. The topological polar surface area (TPSA) is 89.6 Å². The van der Waals surface area contributed by atoms with Crippen LogP contribution in [0.1, 0.15) is 56.3 Å². The van der Waals surface area contributed by atoms with Crippen molar-refractivity contribution in [3.05, 3.63) is 35.7 Å². The Morgan fingerprint density at radius 3 is 2.85 bits per heavy atom. The van der Waals surface area contributed by atoms with Crippen LogP contribution < -0.4 is 4.74 Å². The van der Waals surface area contributed by atoms with Crippen molar-refractivity contribution in [2.75, 3.05) is 12.4 Å². The number of carboxylic acids is 1. The van der Waals surface area contributed by atoms with Gasteiger partial charge in [-0.15, -0.1) is 10.2 Å². The molecule has 0 unspecified atom stereocenters. The van der Waals surface area contributed by atoms with Crippen molar-refractivity contribution in [1.29, 1.82) is 0 Å². The lowest BCUT2D eigenvalue weighted by Gasteiger charge is -2.20. The van der Waals surface area contributed by atoms with Gasteiger partial charge in [-0.25, -0.2) is 0 Å². The first-order valence-electron chi connectivity index (χ1n) is 9.25. The maximum atomic E-state index is 11.0. The minimum atomic E-state index is -0.889. The molecule has 1 aliphatic rings. The van der Waals surface area contributed by atoms with Gasteiger partial charge in [0.15, 0.2) is 5.82 Å². The molecule has 0 bridgehead atoms. The Bertz CT molecular complexity index is 800. The average Bonchev–Trinajstić information content (AvgIpc) is 3.09. The molecule has 0 spiro atoms. The summed E-state index contributed by atoms with van der Waals surface area (Å²) in [6.07, 6.45) is 7.44.